The van der Waals surface area contributed by atoms with Crippen LogP contribution in [0.4, 0.5) is 0 Å². The third-order valence-electron chi connectivity index (χ3n) is 4.74. The van der Waals surface area contributed by atoms with Crippen LogP contribution in [0.3, 0.4) is 0 Å². The van der Waals surface area contributed by atoms with Crippen molar-refractivity contribution >= 4 is 5.91 Å². The van der Waals surface area contributed by atoms with Crippen LogP contribution in [0, 0.1) is 12.8 Å². The smallest absolute Gasteiger partial charge is 0.224 e. The molecular weight excluding hydrogens is 304 g/mol. The van der Waals surface area contributed by atoms with E-state index in [2.05, 4.69) is 10.2 Å². The Bertz CT molecular complexity index is 525. The van der Waals surface area contributed by atoms with Gasteiger partial charge in [0.2, 0.25) is 5.91 Å². The van der Waals surface area contributed by atoms with Gasteiger partial charge in [-0.2, -0.15) is 0 Å². The van der Waals surface area contributed by atoms with Crippen LogP contribution in [-0.2, 0) is 16.0 Å². The fraction of sp³-hybridized carbons (Fsp3) is 0.632. The van der Waals surface area contributed by atoms with Gasteiger partial charge >= 0.3 is 0 Å². The minimum Gasteiger partial charge on any atom is -0.496 e. The highest BCUT2D eigenvalue weighted by molar-refractivity contribution is 5.78. The molecule has 0 aliphatic carbocycles. The molecule has 134 valence electrons. The Balaban J connectivity index is 1.70. The van der Waals surface area contributed by atoms with E-state index in [-0.39, 0.29) is 5.91 Å². The minimum atomic E-state index is 0.0859. The highest BCUT2D eigenvalue weighted by Crippen LogP contribution is 2.19. The molecule has 1 saturated heterocycles. The maximum Gasteiger partial charge on any atom is 0.224 e. The van der Waals surface area contributed by atoms with Gasteiger partial charge in [0.1, 0.15) is 5.75 Å². The number of ether oxygens (including phenoxy) is 2. The molecular formula is C19H30N2O3. The van der Waals surface area contributed by atoms with Gasteiger partial charge in [0, 0.05) is 20.2 Å². The summed E-state index contributed by atoms with van der Waals surface area (Å²) in [5.74, 6) is 1.51. The highest BCUT2D eigenvalue weighted by atomic mass is 16.5. The summed E-state index contributed by atoms with van der Waals surface area (Å²) in [5, 5.41) is 3.09. The van der Waals surface area contributed by atoms with Crippen molar-refractivity contribution < 1.29 is 14.3 Å². The number of nitrogens with one attached hydrogen (secondary N) is 1. The second-order valence-corrected chi connectivity index (χ2v) is 6.56. The van der Waals surface area contributed by atoms with E-state index in [1.54, 1.807) is 14.2 Å². The largest absolute Gasteiger partial charge is 0.496 e. The zero-order valence-corrected chi connectivity index (χ0v) is 15.1. The van der Waals surface area contributed by atoms with E-state index in [9.17, 15) is 4.79 Å². The predicted molar refractivity (Wildman–Crippen MR) is 95.5 cm³/mol. The molecule has 1 N–H and O–H groups in total. The fourth-order valence-corrected chi connectivity index (χ4v) is 3.11. The van der Waals surface area contributed by atoms with Crippen LogP contribution < -0.4 is 10.1 Å². The number of likely N-dealkylation sites (tertiary alicyclic amines) is 1. The lowest BCUT2D eigenvalue weighted by atomic mass is 9.96. The van der Waals surface area contributed by atoms with Crippen molar-refractivity contribution in [1.29, 1.82) is 0 Å². The molecule has 0 aromatic heterocycles. The minimum absolute atomic E-state index is 0.0859. The van der Waals surface area contributed by atoms with Gasteiger partial charge in [-0.25, -0.2) is 0 Å². The molecule has 2 rings (SSSR count). The Morgan fingerprint density at radius 1 is 1.29 bits per heavy atom. The normalized spacial score (nSPS) is 16.1. The zero-order valence-electron chi connectivity index (χ0n) is 15.1. The summed E-state index contributed by atoms with van der Waals surface area (Å²) >= 11 is 0. The third kappa shape index (κ3) is 5.80. The number of piperidine rings is 1. The Morgan fingerprint density at radius 3 is 2.71 bits per heavy atom. The molecule has 5 heteroatoms. The molecule has 1 aliphatic heterocycles. The van der Waals surface area contributed by atoms with Crippen molar-refractivity contribution in [1.82, 2.24) is 10.2 Å². The number of carbonyl (C=O) groups is 1. The number of aryl methyl sites for hydroxylation is 1. The van der Waals surface area contributed by atoms with Crippen LogP contribution >= 0.6 is 0 Å². The Kier molecular flexibility index (Phi) is 7.53. The second kappa shape index (κ2) is 9.64. The van der Waals surface area contributed by atoms with Gasteiger partial charge in [0.25, 0.3) is 0 Å². The molecule has 5 nitrogen and oxygen atoms in total. The summed E-state index contributed by atoms with van der Waals surface area (Å²) in [6.45, 7) is 6.77. The number of hydrogen-bond acceptors (Lipinski definition) is 4. The Labute approximate surface area is 145 Å². The van der Waals surface area contributed by atoms with Gasteiger partial charge < -0.3 is 19.7 Å². The first-order valence-electron chi connectivity index (χ1n) is 8.74. The summed E-state index contributed by atoms with van der Waals surface area (Å²) in [6, 6.07) is 5.94. The van der Waals surface area contributed by atoms with Crippen LogP contribution in [0.25, 0.3) is 0 Å². The summed E-state index contributed by atoms with van der Waals surface area (Å²) in [4.78, 5) is 14.6. The van der Waals surface area contributed by atoms with E-state index in [1.165, 1.54) is 0 Å². The monoisotopic (exact) mass is 334 g/mol. The average Bonchev–Trinajstić information content (AvgIpc) is 2.60. The van der Waals surface area contributed by atoms with Crippen molar-refractivity contribution in [3.63, 3.8) is 0 Å². The van der Waals surface area contributed by atoms with E-state index in [4.69, 9.17) is 9.47 Å². The molecule has 0 bridgehead atoms. The SMILES string of the molecule is COCCN1CCC(CNC(=O)Cc2ccc(C)c(OC)c2)CC1. The molecule has 1 aromatic carbocycles. The number of benzene rings is 1. The van der Waals surface area contributed by atoms with E-state index in [1.807, 2.05) is 25.1 Å². The van der Waals surface area contributed by atoms with Crippen molar-refractivity contribution in [3.05, 3.63) is 29.3 Å². The molecule has 24 heavy (non-hydrogen) atoms. The number of methoxy groups -OCH3 is 2. The molecule has 0 spiro atoms. The predicted octanol–water partition coefficient (Wildman–Crippen LogP) is 2.02. The Hall–Kier alpha value is -1.59. The van der Waals surface area contributed by atoms with Crippen molar-refractivity contribution in [3.8, 4) is 5.75 Å². The quantitative estimate of drug-likeness (QED) is 0.790. The summed E-state index contributed by atoms with van der Waals surface area (Å²) in [5.41, 5.74) is 2.08. The number of nitrogens with zero attached hydrogens (tertiary/aromatic N) is 1. The first-order chi connectivity index (χ1) is 11.6. The molecule has 0 unspecified atom stereocenters. The second-order valence-electron chi connectivity index (χ2n) is 6.56. The van der Waals surface area contributed by atoms with E-state index >= 15 is 0 Å². The maximum absolute atomic E-state index is 12.2. The fourth-order valence-electron chi connectivity index (χ4n) is 3.11. The molecule has 1 aromatic rings. The lowest BCUT2D eigenvalue weighted by Crippen LogP contribution is -2.40. The first-order valence-corrected chi connectivity index (χ1v) is 8.74. The summed E-state index contributed by atoms with van der Waals surface area (Å²) in [7, 11) is 3.40. The van der Waals surface area contributed by atoms with E-state index < -0.39 is 0 Å². The van der Waals surface area contributed by atoms with Crippen LogP contribution in [-0.4, -0.2) is 57.8 Å². The lowest BCUT2D eigenvalue weighted by molar-refractivity contribution is -0.120. The summed E-state index contributed by atoms with van der Waals surface area (Å²) < 4.78 is 10.4. The first kappa shape index (κ1) is 18.7. The van der Waals surface area contributed by atoms with Crippen molar-refractivity contribution in [2.75, 3.05) is 47.0 Å². The van der Waals surface area contributed by atoms with Crippen LogP contribution in [0.5, 0.6) is 5.75 Å². The lowest BCUT2D eigenvalue weighted by Gasteiger charge is -2.31. The molecule has 1 amide bonds. The third-order valence-corrected chi connectivity index (χ3v) is 4.74. The number of rotatable bonds is 8. The number of hydrogen-bond donors (Lipinski definition) is 1. The molecule has 0 saturated carbocycles. The van der Waals surface area contributed by atoms with Crippen molar-refractivity contribution in [2.45, 2.75) is 26.2 Å². The van der Waals surface area contributed by atoms with Crippen LogP contribution in [0.15, 0.2) is 18.2 Å². The molecule has 0 radical (unpaired) electrons. The van der Waals surface area contributed by atoms with Gasteiger partial charge in [-0.3, -0.25) is 4.79 Å². The number of amides is 1. The molecule has 1 heterocycles. The van der Waals surface area contributed by atoms with Crippen LogP contribution in [0.2, 0.25) is 0 Å². The van der Waals surface area contributed by atoms with Crippen LogP contribution in [0.1, 0.15) is 24.0 Å². The van der Waals surface area contributed by atoms with Gasteiger partial charge in [-0.15, -0.1) is 0 Å². The van der Waals surface area contributed by atoms with Crippen molar-refractivity contribution in [2.24, 2.45) is 5.92 Å². The van der Waals surface area contributed by atoms with Gasteiger partial charge in [-0.05, 0) is 56.0 Å². The maximum atomic E-state index is 12.2. The highest BCUT2D eigenvalue weighted by Gasteiger charge is 2.19. The molecule has 1 aliphatic rings. The van der Waals surface area contributed by atoms with E-state index in [0.717, 1.165) is 62.5 Å². The standard InChI is InChI=1S/C19H30N2O3/c1-15-4-5-17(12-18(15)24-3)13-19(22)20-14-16-6-8-21(9-7-16)10-11-23-2/h4-5,12,16H,6-11,13-14H2,1-3H3,(H,20,22). The zero-order chi connectivity index (χ0) is 17.4. The average molecular weight is 334 g/mol. The Morgan fingerprint density at radius 2 is 2.04 bits per heavy atom. The molecule has 1 fully saturated rings. The van der Waals surface area contributed by atoms with Gasteiger partial charge in [0.05, 0.1) is 20.1 Å². The topological polar surface area (TPSA) is 50.8 Å². The van der Waals surface area contributed by atoms with Gasteiger partial charge in [0.15, 0.2) is 0 Å². The molecule has 0 atom stereocenters. The van der Waals surface area contributed by atoms with E-state index in [0.29, 0.717) is 12.3 Å². The number of carbonyl (C=O) groups excluding carboxylic acids is 1. The van der Waals surface area contributed by atoms with Gasteiger partial charge in [-0.1, -0.05) is 12.1 Å². The summed E-state index contributed by atoms with van der Waals surface area (Å²) in [6.07, 6.45) is 2.69.